The summed E-state index contributed by atoms with van der Waals surface area (Å²) in [5.41, 5.74) is 1.55. The van der Waals surface area contributed by atoms with Gasteiger partial charge in [-0.1, -0.05) is 13.8 Å². The Hall–Kier alpha value is -0.760. The van der Waals surface area contributed by atoms with Gasteiger partial charge < -0.3 is 9.73 Å². The highest BCUT2D eigenvalue weighted by Crippen LogP contribution is 2.66. The van der Waals surface area contributed by atoms with Gasteiger partial charge in [0.15, 0.2) is 0 Å². The van der Waals surface area contributed by atoms with Crippen molar-refractivity contribution in [1.29, 1.82) is 0 Å². The molecule has 0 saturated heterocycles. The third-order valence-electron chi connectivity index (χ3n) is 6.06. The molecule has 0 amide bonds. The molecule has 0 radical (unpaired) electrons. The molecule has 2 heteroatoms. The summed E-state index contributed by atoms with van der Waals surface area (Å²) in [4.78, 5) is 0. The molecule has 1 N–H and O–H groups in total. The lowest BCUT2D eigenvalue weighted by atomic mass is 9.43. The van der Waals surface area contributed by atoms with Gasteiger partial charge in [-0.15, -0.1) is 0 Å². The summed E-state index contributed by atoms with van der Waals surface area (Å²) in [6.45, 7) is 7.98. The van der Waals surface area contributed by atoms with E-state index in [1.165, 1.54) is 38.5 Å². The minimum atomic E-state index is 0.379. The number of aryl methyl sites for hydroxylation is 1. The molecule has 5 rings (SSSR count). The van der Waals surface area contributed by atoms with Crippen LogP contribution in [0.4, 0.5) is 0 Å². The van der Waals surface area contributed by atoms with Crippen molar-refractivity contribution in [1.82, 2.24) is 5.32 Å². The van der Waals surface area contributed by atoms with Crippen LogP contribution in [-0.2, 0) is 6.54 Å². The SMILES string of the molecule is Cc1ccc(CNC23CC4C[C@@](C)(C2)C[C@](C)(C4)C3)o1. The Kier molecular flexibility index (Phi) is 2.53. The van der Waals surface area contributed by atoms with Crippen molar-refractivity contribution in [3.63, 3.8) is 0 Å². The van der Waals surface area contributed by atoms with Crippen LogP contribution in [-0.4, -0.2) is 5.54 Å². The van der Waals surface area contributed by atoms with Gasteiger partial charge in [0.1, 0.15) is 11.5 Å². The van der Waals surface area contributed by atoms with E-state index in [0.29, 0.717) is 16.4 Å². The number of hydrogen-bond acceptors (Lipinski definition) is 2. The summed E-state index contributed by atoms with van der Waals surface area (Å²) < 4.78 is 5.73. The number of furan rings is 1. The van der Waals surface area contributed by atoms with Gasteiger partial charge in [-0.2, -0.15) is 0 Å². The van der Waals surface area contributed by atoms with Crippen LogP contribution in [0.5, 0.6) is 0 Å². The molecule has 0 aliphatic heterocycles. The highest BCUT2D eigenvalue weighted by atomic mass is 16.3. The molecule has 20 heavy (non-hydrogen) atoms. The van der Waals surface area contributed by atoms with Crippen molar-refractivity contribution < 1.29 is 4.42 Å². The van der Waals surface area contributed by atoms with Crippen molar-refractivity contribution in [2.75, 3.05) is 0 Å². The van der Waals surface area contributed by atoms with E-state index in [-0.39, 0.29) is 0 Å². The van der Waals surface area contributed by atoms with Crippen LogP contribution in [0.2, 0.25) is 0 Å². The van der Waals surface area contributed by atoms with Gasteiger partial charge in [-0.25, -0.2) is 0 Å². The number of hydrogen-bond donors (Lipinski definition) is 1. The van der Waals surface area contributed by atoms with Crippen LogP contribution < -0.4 is 5.32 Å². The Labute approximate surface area is 122 Å². The second-order valence-electron chi connectivity index (χ2n) is 8.78. The first-order chi connectivity index (χ1) is 9.38. The van der Waals surface area contributed by atoms with Gasteiger partial charge in [0.2, 0.25) is 0 Å². The molecule has 1 heterocycles. The highest BCUT2D eigenvalue weighted by Gasteiger charge is 2.59. The van der Waals surface area contributed by atoms with E-state index in [1.54, 1.807) is 0 Å². The van der Waals surface area contributed by atoms with Crippen molar-refractivity contribution in [2.24, 2.45) is 16.7 Å². The fourth-order valence-corrected chi connectivity index (χ4v) is 6.50. The molecule has 4 fully saturated rings. The summed E-state index contributed by atoms with van der Waals surface area (Å²) in [5.74, 6) is 3.06. The first-order valence-corrected chi connectivity index (χ1v) is 8.18. The van der Waals surface area contributed by atoms with Crippen molar-refractivity contribution in [2.45, 2.75) is 71.4 Å². The number of rotatable bonds is 3. The monoisotopic (exact) mass is 273 g/mol. The van der Waals surface area contributed by atoms with Crippen LogP contribution in [0.15, 0.2) is 16.5 Å². The van der Waals surface area contributed by atoms with Crippen molar-refractivity contribution in [3.8, 4) is 0 Å². The summed E-state index contributed by atoms with van der Waals surface area (Å²) in [7, 11) is 0. The minimum absolute atomic E-state index is 0.379. The van der Waals surface area contributed by atoms with Gasteiger partial charge in [0.25, 0.3) is 0 Å². The predicted molar refractivity (Wildman–Crippen MR) is 80.4 cm³/mol. The zero-order valence-corrected chi connectivity index (χ0v) is 13.1. The van der Waals surface area contributed by atoms with E-state index in [9.17, 15) is 0 Å². The Balaban J connectivity index is 1.55. The normalized spacial score (nSPS) is 46.0. The van der Waals surface area contributed by atoms with Gasteiger partial charge in [-0.3, -0.25) is 0 Å². The van der Waals surface area contributed by atoms with Crippen molar-refractivity contribution >= 4 is 0 Å². The van der Waals surface area contributed by atoms with Gasteiger partial charge in [-0.05, 0) is 74.3 Å². The Morgan fingerprint density at radius 2 is 1.80 bits per heavy atom. The van der Waals surface area contributed by atoms with Crippen molar-refractivity contribution in [3.05, 3.63) is 23.7 Å². The third kappa shape index (κ3) is 2.04. The predicted octanol–water partition coefficient (Wildman–Crippen LogP) is 4.43. The average Bonchev–Trinajstić information content (AvgIpc) is 2.68. The van der Waals surface area contributed by atoms with Crippen LogP contribution in [0.3, 0.4) is 0 Å². The van der Waals surface area contributed by atoms with Crippen LogP contribution in [0.25, 0.3) is 0 Å². The fraction of sp³-hybridized carbons (Fsp3) is 0.778. The largest absolute Gasteiger partial charge is 0.465 e. The minimum Gasteiger partial charge on any atom is -0.465 e. The van der Waals surface area contributed by atoms with E-state index in [1.807, 2.05) is 6.92 Å². The lowest BCUT2D eigenvalue weighted by Crippen LogP contribution is -2.63. The molecule has 0 spiro atoms. The van der Waals surface area contributed by atoms with Gasteiger partial charge in [0, 0.05) is 5.54 Å². The standard InChI is InChI=1S/C18H27NO/c1-13-4-5-15(20-13)9-19-18-8-14-6-16(2,11-18)10-17(3,7-14)12-18/h4-5,14,19H,6-12H2,1-3H3/t14?,16-,17+,18?. The van der Waals surface area contributed by atoms with Gasteiger partial charge in [0.05, 0.1) is 6.54 Å². The summed E-state index contributed by atoms with van der Waals surface area (Å²) in [6.07, 6.45) is 8.49. The number of nitrogens with one attached hydrogen (secondary N) is 1. The zero-order chi connectivity index (χ0) is 14.0. The Morgan fingerprint density at radius 3 is 2.35 bits per heavy atom. The maximum atomic E-state index is 5.73. The second kappa shape index (κ2) is 3.91. The molecular formula is C18H27NO. The molecule has 1 aromatic rings. The first kappa shape index (κ1) is 12.9. The lowest BCUT2D eigenvalue weighted by Gasteiger charge is -2.65. The fourth-order valence-electron chi connectivity index (χ4n) is 6.50. The van der Waals surface area contributed by atoms with E-state index in [2.05, 4.69) is 31.3 Å². The zero-order valence-electron chi connectivity index (χ0n) is 13.1. The molecule has 4 atom stereocenters. The van der Waals surface area contributed by atoms with Crippen LogP contribution in [0, 0.1) is 23.7 Å². The summed E-state index contributed by atoms with van der Waals surface area (Å²) in [5, 5.41) is 3.91. The molecule has 4 aliphatic carbocycles. The Bertz CT molecular complexity index is 513. The maximum Gasteiger partial charge on any atom is 0.117 e. The third-order valence-corrected chi connectivity index (χ3v) is 6.06. The highest BCUT2D eigenvalue weighted by molar-refractivity contribution is 5.15. The molecule has 4 aliphatic rings. The smallest absolute Gasteiger partial charge is 0.117 e. The molecule has 2 nitrogen and oxygen atoms in total. The Morgan fingerprint density at radius 1 is 1.10 bits per heavy atom. The van der Waals surface area contributed by atoms with E-state index in [4.69, 9.17) is 4.42 Å². The molecule has 2 unspecified atom stereocenters. The summed E-state index contributed by atoms with van der Waals surface area (Å²) >= 11 is 0. The molecule has 4 bridgehead atoms. The molecule has 0 aromatic carbocycles. The quantitative estimate of drug-likeness (QED) is 0.881. The maximum absolute atomic E-state index is 5.73. The van der Waals surface area contributed by atoms with E-state index in [0.717, 1.165) is 24.0 Å². The molecule has 110 valence electrons. The van der Waals surface area contributed by atoms with Gasteiger partial charge >= 0.3 is 0 Å². The topological polar surface area (TPSA) is 25.2 Å². The molecule has 4 saturated carbocycles. The van der Waals surface area contributed by atoms with Crippen LogP contribution in [0.1, 0.15) is 63.9 Å². The van der Waals surface area contributed by atoms with Crippen LogP contribution >= 0.6 is 0 Å². The average molecular weight is 273 g/mol. The summed E-state index contributed by atoms with van der Waals surface area (Å²) in [6, 6.07) is 4.19. The molecule has 1 aromatic heterocycles. The lowest BCUT2D eigenvalue weighted by molar-refractivity contribution is -0.118. The first-order valence-electron chi connectivity index (χ1n) is 8.18. The van der Waals surface area contributed by atoms with E-state index < -0.39 is 0 Å². The molecular weight excluding hydrogens is 246 g/mol. The second-order valence-corrected chi connectivity index (χ2v) is 8.78. The van der Waals surface area contributed by atoms with E-state index >= 15 is 0 Å².